The van der Waals surface area contributed by atoms with Crippen LogP contribution >= 0.6 is 11.3 Å². The summed E-state index contributed by atoms with van der Waals surface area (Å²) in [6.45, 7) is 4.53. The number of nitrogens with zero attached hydrogens (tertiary/aromatic N) is 1. The first-order valence-corrected chi connectivity index (χ1v) is 9.67. The van der Waals surface area contributed by atoms with Gasteiger partial charge in [0.05, 0.1) is 11.1 Å². The number of rotatable bonds is 5. The average molecular weight is 411 g/mol. The maximum absolute atomic E-state index is 12.7. The largest absolute Gasteiger partial charge is 0.416 e. The first-order valence-electron chi connectivity index (χ1n) is 8.86. The Bertz CT molecular complexity index is 891. The Morgan fingerprint density at radius 3 is 2.50 bits per heavy atom. The van der Waals surface area contributed by atoms with Gasteiger partial charge in [-0.2, -0.15) is 13.2 Å². The number of benzene rings is 1. The summed E-state index contributed by atoms with van der Waals surface area (Å²) >= 11 is 1.30. The zero-order valence-corrected chi connectivity index (χ0v) is 16.0. The second-order valence-corrected chi connectivity index (χ2v) is 7.73. The second kappa shape index (κ2) is 7.92. The van der Waals surface area contributed by atoms with Gasteiger partial charge in [0.2, 0.25) is 0 Å². The van der Waals surface area contributed by atoms with E-state index in [0.717, 1.165) is 54.2 Å². The summed E-state index contributed by atoms with van der Waals surface area (Å²) in [5, 5.41) is 3.00. The maximum atomic E-state index is 12.7. The summed E-state index contributed by atoms with van der Waals surface area (Å²) in [5.74, 6) is -1.20. The van der Waals surface area contributed by atoms with Crippen LogP contribution in [0.15, 0.2) is 24.3 Å². The van der Waals surface area contributed by atoms with Gasteiger partial charge in [0.1, 0.15) is 5.00 Å². The summed E-state index contributed by atoms with van der Waals surface area (Å²) < 4.78 is 38.0. The van der Waals surface area contributed by atoms with Crippen molar-refractivity contribution in [2.45, 2.75) is 32.5 Å². The van der Waals surface area contributed by atoms with Crippen LogP contribution in [0.2, 0.25) is 0 Å². The first kappa shape index (κ1) is 20.3. The standard InChI is InChI=1S/C19H20F3N3O2S/c1-2-8-25-9-7-13-14(10-25)28-18(15(13)16(23)26)24-17(27)11-3-5-12(6-4-11)19(20,21)22/h3-6H,2,7-10H2,1H3,(H2,23,26)(H,24,27). The molecule has 2 aromatic rings. The van der Waals surface area contributed by atoms with Crippen molar-refractivity contribution in [3.63, 3.8) is 0 Å². The second-order valence-electron chi connectivity index (χ2n) is 6.63. The van der Waals surface area contributed by atoms with Crippen molar-refractivity contribution in [3.8, 4) is 0 Å². The van der Waals surface area contributed by atoms with E-state index in [2.05, 4.69) is 17.1 Å². The zero-order chi connectivity index (χ0) is 20.5. The average Bonchev–Trinajstić information content (AvgIpc) is 2.98. The minimum atomic E-state index is -4.47. The molecular weight excluding hydrogens is 391 g/mol. The van der Waals surface area contributed by atoms with Gasteiger partial charge < -0.3 is 11.1 Å². The quantitative estimate of drug-likeness (QED) is 0.784. The summed E-state index contributed by atoms with van der Waals surface area (Å²) in [4.78, 5) is 27.7. The van der Waals surface area contributed by atoms with Crippen LogP contribution in [0.3, 0.4) is 0 Å². The molecule has 0 atom stereocenters. The first-order chi connectivity index (χ1) is 13.2. The molecule has 0 unspecified atom stereocenters. The fourth-order valence-electron chi connectivity index (χ4n) is 3.30. The predicted molar refractivity (Wildman–Crippen MR) is 102 cm³/mol. The molecule has 1 aliphatic heterocycles. The van der Waals surface area contributed by atoms with Gasteiger partial charge >= 0.3 is 6.18 Å². The number of carbonyl (C=O) groups is 2. The number of alkyl halides is 3. The van der Waals surface area contributed by atoms with Gasteiger partial charge in [-0.25, -0.2) is 0 Å². The number of halogens is 3. The molecule has 3 N–H and O–H groups in total. The van der Waals surface area contributed by atoms with Crippen molar-refractivity contribution in [2.75, 3.05) is 18.4 Å². The van der Waals surface area contributed by atoms with Crippen LogP contribution in [0, 0.1) is 0 Å². The molecule has 2 amide bonds. The number of nitrogens with one attached hydrogen (secondary N) is 1. The molecule has 0 saturated heterocycles. The molecule has 0 spiro atoms. The molecule has 1 aromatic carbocycles. The molecule has 2 heterocycles. The Hall–Kier alpha value is -2.39. The Labute approximate surface area is 164 Å². The molecule has 0 aliphatic carbocycles. The lowest BCUT2D eigenvalue weighted by Gasteiger charge is -2.26. The number of nitrogens with two attached hydrogens (primary N) is 1. The summed E-state index contributed by atoms with van der Waals surface area (Å²) in [7, 11) is 0. The van der Waals surface area contributed by atoms with E-state index in [1.807, 2.05) is 0 Å². The van der Waals surface area contributed by atoms with E-state index in [1.165, 1.54) is 11.3 Å². The Kier molecular flexibility index (Phi) is 5.76. The number of hydrogen-bond acceptors (Lipinski definition) is 4. The van der Waals surface area contributed by atoms with E-state index in [1.54, 1.807) is 0 Å². The zero-order valence-electron chi connectivity index (χ0n) is 15.2. The van der Waals surface area contributed by atoms with Crippen LogP contribution in [-0.2, 0) is 19.1 Å². The van der Waals surface area contributed by atoms with Crippen LogP contribution in [-0.4, -0.2) is 29.8 Å². The van der Waals surface area contributed by atoms with Crippen LogP contribution in [0.25, 0.3) is 0 Å². The molecular formula is C19H20F3N3O2S. The SMILES string of the molecule is CCCN1CCc2c(sc(NC(=O)c3ccc(C(F)(F)F)cc3)c2C(N)=O)C1. The van der Waals surface area contributed by atoms with Gasteiger partial charge in [0.25, 0.3) is 11.8 Å². The van der Waals surface area contributed by atoms with Crippen LogP contribution in [0.4, 0.5) is 18.2 Å². The van der Waals surface area contributed by atoms with Crippen LogP contribution in [0.1, 0.15) is 50.1 Å². The van der Waals surface area contributed by atoms with Crippen LogP contribution < -0.4 is 11.1 Å². The third kappa shape index (κ3) is 4.20. The molecule has 3 rings (SSSR count). The third-order valence-corrected chi connectivity index (χ3v) is 5.76. The molecule has 150 valence electrons. The topological polar surface area (TPSA) is 75.4 Å². The lowest BCUT2D eigenvalue weighted by atomic mass is 10.0. The number of anilines is 1. The lowest BCUT2D eigenvalue weighted by Crippen LogP contribution is -2.31. The normalized spacial score (nSPS) is 14.6. The summed E-state index contributed by atoms with van der Waals surface area (Å²) in [6, 6.07) is 3.93. The monoisotopic (exact) mass is 411 g/mol. The van der Waals surface area contributed by atoms with Gasteiger partial charge in [0, 0.05) is 23.5 Å². The number of fused-ring (bicyclic) bond motifs is 1. The van der Waals surface area contributed by atoms with Crippen molar-refractivity contribution in [3.05, 3.63) is 51.4 Å². The highest BCUT2D eigenvalue weighted by Gasteiger charge is 2.31. The smallest absolute Gasteiger partial charge is 0.365 e. The molecule has 1 aliphatic rings. The van der Waals surface area contributed by atoms with Crippen LogP contribution in [0.5, 0.6) is 0 Å². The number of carbonyl (C=O) groups excluding carboxylic acids is 2. The number of amides is 2. The number of thiophene rings is 1. The highest BCUT2D eigenvalue weighted by molar-refractivity contribution is 7.17. The highest BCUT2D eigenvalue weighted by Crippen LogP contribution is 2.37. The van der Waals surface area contributed by atoms with Crippen molar-refractivity contribution in [1.82, 2.24) is 4.90 Å². The predicted octanol–water partition coefficient (Wildman–Crippen LogP) is 3.89. The van der Waals surface area contributed by atoms with Gasteiger partial charge in [0.15, 0.2) is 0 Å². The Morgan fingerprint density at radius 2 is 1.93 bits per heavy atom. The van der Waals surface area contributed by atoms with Crippen molar-refractivity contribution < 1.29 is 22.8 Å². The third-order valence-electron chi connectivity index (χ3n) is 4.62. The fourth-order valence-corrected chi connectivity index (χ4v) is 4.59. The van der Waals surface area contributed by atoms with Gasteiger partial charge in [-0.15, -0.1) is 11.3 Å². The van der Waals surface area contributed by atoms with Crippen molar-refractivity contribution in [2.24, 2.45) is 5.73 Å². The summed E-state index contributed by atoms with van der Waals surface area (Å²) in [5.41, 5.74) is 5.94. The Balaban J connectivity index is 1.84. The minimum Gasteiger partial charge on any atom is -0.365 e. The van der Waals surface area contributed by atoms with E-state index in [9.17, 15) is 22.8 Å². The lowest BCUT2D eigenvalue weighted by molar-refractivity contribution is -0.137. The van der Waals surface area contributed by atoms with Gasteiger partial charge in [-0.1, -0.05) is 6.92 Å². The molecule has 0 saturated carbocycles. The van der Waals surface area contributed by atoms with Gasteiger partial charge in [-0.05, 0) is 49.2 Å². The highest BCUT2D eigenvalue weighted by atomic mass is 32.1. The van der Waals surface area contributed by atoms with E-state index < -0.39 is 23.6 Å². The molecule has 28 heavy (non-hydrogen) atoms. The fraction of sp³-hybridized carbons (Fsp3) is 0.368. The molecule has 9 heteroatoms. The van der Waals surface area contributed by atoms with Gasteiger partial charge in [-0.3, -0.25) is 14.5 Å². The molecule has 1 aromatic heterocycles. The van der Waals surface area contributed by atoms with E-state index in [4.69, 9.17) is 5.73 Å². The maximum Gasteiger partial charge on any atom is 0.416 e. The molecule has 0 bridgehead atoms. The number of hydrogen-bond donors (Lipinski definition) is 2. The summed E-state index contributed by atoms with van der Waals surface area (Å²) in [6.07, 6.45) is -2.79. The molecule has 0 fully saturated rings. The van der Waals surface area contributed by atoms with Crippen molar-refractivity contribution >= 4 is 28.2 Å². The minimum absolute atomic E-state index is 0.0717. The Morgan fingerprint density at radius 1 is 1.25 bits per heavy atom. The van der Waals surface area contributed by atoms with E-state index in [-0.39, 0.29) is 5.56 Å². The van der Waals surface area contributed by atoms with E-state index in [0.29, 0.717) is 23.5 Å². The van der Waals surface area contributed by atoms with Crippen molar-refractivity contribution in [1.29, 1.82) is 0 Å². The number of primary amides is 1. The van der Waals surface area contributed by atoms with E-state index >= 15 is 0 Å². The molecule has 5 nitrogen and oxygen atoms in total. The molecule has 0 radical (unpaired) electrons.